The molecule has 0 aliphatic carbocycles. The Balaban J connectivity index is 1.71. The molecule has 0 atom stereocenters. The van der Waals surface area contributed by atoms with E-state index in [9.17, 15) is 10.2 Å². The number of phenolic OH excluding ortho intramolecular Hbond substituents is 1. The molecule has 2 N–H and O–H groups in total. The fraction of sp³-hybridized carbons (Fsp3) is 0.231. The van der Waals surface area contributed by atoms with Gasteiger partial charge in [-0.05, 0) is 74.2 Å². The first-order chi connectivity index (χ1) is 15.2. The highest BCUT2D eigenvalue weighted by Gasteiger charge is 2.18. The lowest BCUT2D eigenvalue weighted by Gasteiger charge is -2.17. The van der Waals surface area contributed by atoms with Crippen LogP contribution in [-0.4, -0.2) is 20.2 Å². The highest BCUT2D eigenvalue weighted by Crippen LogP contribution is 2.41. The van der Waals surface area contributed by atoms with Crippen molar-refractivity contribution >= 4 is 23.1 Å². The van der Waals surface area contributed by atoms with Crippen LogP contribution in [0.3, 0.4) is 0 Å². The van der Waals surface area contributed by atoms with Crippen molar-refractivity contribution in [2.75, 3.05) is 0 Å². The maximum absolute atomic E-state index is 10.3. The lowest BCUT2D eigenvalue weighted by molar-refractivity contribution is 0.0786. The molecule has 6 heteroatoms. The molecule has 0 aliphatic heterocycles. The van der Waals surface area contributed by atoms with Gasteiger partial charge in [0.25, 0.3) is 0 Å². The summed E-state index contributed by atoms with van der Waals surface area (Å²) in [7, 11) is 0. The molecule has 164 valence electrons. The molecule has 0 saturated heterocycles. The van der Waals surface area contributed by atoms with Crippen molar-refractivity contribution in [3.8, 4) is 26.6 Å². The minimum Gasteiger partial charge on any atom is -0.508 e. The number of aromatic hydroxyl groups is 1. The summed E-state index contributed by atoms with van der Waals surface area (Å²) in [5.41, 5.74) is 5.22. The fourth-order valence-corrected chi connectivity index (χ4v) is 5.71. The Bertz CT molecular complexity index is 1220. The molecule has 2 heterocycles. The quantitative estimate of drug-likeness (QED) is 0.246. The number of thiophene rings is 1. The van der Waals surface area contributed by atoms with Gasteiger partial charge in [0.15, 0.2) is 5.16 Å². The van der Waals surface area contributed by atoms with Crippen LogP contribution in [0.1, 0.15) is 36.4 Å². The van der Waals surface area contributed by atoms with Crippen molar-refractivity contribution in [2.45, 2.75) is 44.2 Å². The Kier molecular flexibility index (Phi) is 6.38. The summed E-state index contributed by atoms with van der Waals surface area (Å²) in [4.78, 5) is 11.4. The molecule has 4 aromatic rings. The predicted octanol–water partition coefficient (Wildman–Crippen LogP) is 6.71. The third-order valence-electron chi connectivity index (χ3n) is 5.11. The number of benzene rings is 2. The van der Waals surface area contributed by atoms with Crippen LogP contribution < -0.4 is 0 Å². The summed E-state index contributed by atoms with van der Waals surface area (Å²) < 4.78 is 0. The van der Waals surface area contributed by atoms with Gasteiger partial charge >= 0.3 is 0 Å². The van der Waals surface area contributed by atoms with Crippen LogP contribution in [0.25, 0.3) is 20.9 Å². The molecular formula is C26H26N2O2S2. The van der Waals surface area contributed by atoms with E-state index in [-0.39, 0.29) is 5.75 Å². The van der Waals surface area contributed by atoms with E-state index in [0.717, 1.165) is 43.9 Å². The molecule has 4 nitrogen and oxygen atoms in total. The van der Waals surface area contributed by atoms with Crippen molar-refractivity contribution < 1.29 is 10.2 Å². The maximum atomic E-state index is 10.3. The Morgan fingerprint density at radius 3 is 2.22 bits per heavy atom. The minimum absolute atomic E-state index is 0.256. The van der Waals surface area contributed by atoms with E-state index in [1.165, 1.54) is 10.4 Å². The molecule has 0 unspecified atom stereocenters. The summed E-state index contributed by atoms with van der Waals surface area (Å²) in [6, 6.07) is 19.6. The smallest absolute Gasteiger partial charge is 0.188 e. The van der Waals surface area contributed by atoms with Crippen molar-refractivity contribution in [2.24, 2.45) is 0 Å². The third kappa shape index (κ3) is 5.21. The van der Waals surface area contributed by atoms with Gasteiger partial charge in [-0.25, -0.2) is 9.97 Å². The van der Waals surface area contributed by atoms with Crippen LogP contribution in [0, 0.1) is 13.8 Å². The summed E-state index contributed by atoms with van der Waals surface area (Å²) in [6.45, 7) is 7.55. The second-order valence-corrected chi connectivity index (χ2v) is 10.4. The zero-order valence-corrected chi connectivity index (χ0v) is 20.2. The normalized spacial score (nSPS) is 11.7. The summed E-state index contributed by atoms with van der Waals surface area (Å²) in [6.07, 6.45) is 0. The molecule has 0 saturated carbocycles. The highest BCUT2D eigenvalue weighted by molar-refractivity contribution is 7.98. The first-order valence-corrected chi connectivity index (χ1v) is 12.2. The topological polar surface area (TPSA) is 66.2 Å². The van der Waals surface area contributed by atoms with E-state index >= 15 is 0 Å². The molecular weight excluding hydrogens is 436 g/mol. The molecule has 0 radical (unpaired) electrons. The van der Waals surface area contributed by atoms with Gasteiger partial charge in [-0.15, -0.1) is 11.3 Å². The number of hydrogen-bond acceptors (Lipinski definition) is 6. The monoisotopic (exact) mass is 462 g/mol. The molecule has 0 spiro atoms. The van der Waals surface area contributed by atoms with Crippen molar-refractivity contribution in [3.05, 3.63) is 83.2 Å². The maximum Gasteiger partial charge on any atom is 0.188 e. The number of nitrogens with zero attached hydrogens (tertiary/aromatic N) is 2. The molecule has 4 rings (SSSR count). The molecule has 0 aliphatic rings. The van der Waals surface area contributed by atoms with E-state index in [2.05, 4.69) is 28.2 Å². The van der Waals surface area contributed by atoms with Gasteiger partial charge in [-0.2, -0.15) is 0 Å². The van der Waals surface area contributed by atoms with Gasteiger partial charge in [-0.1, -0.05) is 48.2 Å². The van der Waals surface area contributed by atoms with E-state index in [0.29, 0.717) is 0 Å². The van der Waals surface area contributed by atoms with Crippen LogP contribution in [0.2, 0.25) is 0 Å². The van der Waals surface area contributed by atoms with Crippen molar-refractivity contribution in [1.82, 2.24) is 9.97 Å². The number of phenols is 1. The number of aromatic nitrogens is 2. The molecule has 2 aromatic heterocycles. The second kappa shape index (κ2) is 9.06. The third-order valence-corrected chi connectivity index (χ3v) is 7.28. The first kappa shape index (κ1) is 22.5. The van der Waals surface area contributed by atoms with Gasteiger partial charge in [0.05, 0.1) is 5.60 Å². The lowest BCUT2D eigenvalue weighted by Crippen LogP contribution is -2.14. The van der Waals surface area contributed by atoms with E-state index in [1.807, 2.05) is 44.2 Å². The molecule has 0 bridgehead atoms. The summed E-state index contributed by atoms with van der Waals surface area (Å²) >= 11 is 3.33. The van der Waals surface area contributed by atoms with Gasteiger partial charge in [0, 0.05) is 26.9 Å². The Labute approximate surface area is 197 Å². The second-order valence-electron chi connectivity index (χ2n) is 8.37. The first-order valence-electron chi connectivity index (χ1n) is 10.4. The molecule has 0 fully saturated rings. The van der Waals surface area contributed by atoms with Gasteiger partial charge in [-0.3, -0.25) is 0 Å². The van der Waals surface area contributed by atoms with Crippen LogP contribution >= 0.6 is 23.1 Å². The zero-order chi connectivity index (χ0) is 22.9. The van der Waals surface area contributed by atoms with Crippen LogP contribution in [0.4, 0.5) is 0 Å². The van der Waals surface area contributed by atoms with Crippen LogP contribution in [0.15, 0.2) is 65.8 Å². The zero-order valence-electron chi connectivity index (χ0n) is 18.6. The molecule has 32 heavy (non-hydrogen) atoms. The largest absolute Gasteiger partial charge is 0.508 e. The van der Waals surface area contributed by atoms with Gasteiger partial charge in [0.2, 0.25) is 0 Å². The SMILES string of the molecule is Cc1cc(C)nc(SCc2cc(-c3cccc(O)c3)sc2-c2ccc(C(C)(C)O)cc2)n1. The Morgan fingerprint density at radius 2 is 1.59 bits per heavy atom. The minimum atomic E-state index is -0.875. The predicted molar refractivity (Wildman–Crippen MR) is 133 cm³/mol. The van der Waals surface area contributed by atoms with Crippen molar-refractivity contribution in [1.29, 1.82) is 0 Å². The standard InChI is InChI=1S/C26H26N2O2S2/c1-16-12-17(2)28-25(27-16)31-15-20-14-23(19-6-5-7-22(29)13-19)32-24(20)18-8-10-21(11-9-18)26(3,4)30/h5-14,29-30H,15H2,1-4H3. The van der Waals surface area contributed by atoms with Crippen LogP contribution in [0.5, 0.6) is 5.75 Å². The number of rotatable bonds is 6. The Morgan fingerprint density at radius 1 is 0.906 bits per heavy atom. The number of hydrogen-bond donors (Lipinski definition) is 2. The van der Waals surface area contributed by atoms with Gasteiger partial charge in [0.1, 0.15) is 5.75 Å². The van der Waals surface area contributed by atoms with Crippen molar-refractivity contribution in [3.63, 3.8) is 0 Å². The summed E-state index contributed by atoms with van der Waals surface area (Å²) in [5.74, 6) is 0.993. The van der Waals surface area contributed by atoms with Gasteiger partial charge < -0.3 is 10.2 Å². The lowest BCUT2D eigenvalue weighted by atomic mass is 9.97. The Hall–Kier alpha value is -2.67. The molecule has 0 amide bonds. The molecule has 2 aromatic carbocycles. The summed E-state index contributed by atoms with van der Waals surface area (Å²) in [5, 5.41) is 21.0. The fourth-order valence-electron chi connectivity index (χ4n) is 3.51. The number of aliphatic hydroxyl groups is 1. The number of aryl methyl sites for hydroxylation is 2. The van der Waals surface area contributed by atoms with Crippen LogP contribution in [-0.2, 0) is 11.4 Å². The highest BCUT2D eigenvalue weighted by atomic mass is 32.2. The van der Waals surface area contributed by atoms with E-state index in [1.54, 1.807) is 49.1 Å². The van der Waals surface area contributed by atoms with E-state index < -0.39 is 5.60 Å². The average molecular weight is 463 g/mol. The van der Waals surface area contributed by atoms with E-state index in [4.69, 9.17) is 0 Å². The average Bonchev–Trinajstić information content (AvgIpc) is 3.15. The number of thioether (sulfide) groups is 1.